The Bertz CT molecular complexity index is 799. The molecule has 6 nitrogen and oxygen atoms in total. The molecule has 2 unspecified atom stereocenters. The fourth-order valence-electron chi connectivity index (χ4n) is 3.60. The molecule has 2 aromatic rings. The first-order valence-electron chi connectivity index (χ1n) is 9.90. The van der Waals surface area contributed by atoms with Crippen molar-refractivity contribution in [3.05, 3.63) is 59.9 Å². The number of pyridine rings is 1. The van der Waals surface area contributed by atoms with E-state index in [2.05, 4.69) is 27.9 Å². The lowest BCUT2D eigenvalue weighted by molar-refractivity contribution is -0.117. The zero-order chi connectivity index (χ0) is 19.8. The van der Waals surface area contributed by atoms with Crippen molar-refractivity contribution < 1.29 is 9.59 Å². The predicted molar refractivity (Wildman–Crippen MR) is 124 cm³/mol. The summed E-state index contributed by atoms with van der Waals surface area (Å²) in [7, 11) is 0. The summed E-state index contributed by atoms with van der Waals surface area (Å²) in [5.41, 5.74) is 1.93. The summed E-state index contributed by atoms with van der Waals surface area (Å²) in [4.78, 5) is 29.2. The van der Waals surface area contributed by atoms with E-state index in [-0.39, 0.29) is 36.6 Å². The van der Waals surface area contributed by atoms with Gasteiger partial charge in [-0.05, 0) is 61.5 Å². The van der Waals surface area contributed by atoms with Gasteiger partial charge in [-0.15, -0.1) is 24.8 Å². The first-order valence-corrected chi connectivity index (χ1v) is 9.90. The molecule has 1 aliphatic heterocycles. The van der Waals surface area contributed by atoms with Crippen molar-refractivity contribution >= 4 is 42.3 Å². The lowest BCUT2D eigenvalue weighted by Gasteiger charge is -2.28. The van der Waals surface area contributed by atoms with Gasteiger partial charge in [0.1, 0.15) is 0 Å². The fraction of sp³-hybridized carbons (Fsp3) is 0.409. The quantitative estimate of drug-likeness (QED) is 0.595. The van der Waals surface area contributed by atoms with E-state index in [1.54, 1.807) is 30.6 Å². The smallest absolute Gasteiger partial charge is 0.253 e. The molecule has 1 aromatic heterocycles. The number of rotatable bonds is 7. The summed E-state index contributed by atoms with van der Waals surface area (Å²) >= 11 is 0. The van der Waals surface area contributed by atoms with Crippen LogP contribution in [-0.4, -0.2) is 29.9 Å². The van der Waals surface area contributed by atoms with Crippen LogP contribution in [0.5, 0.6) is 0 Å². The average Bonchev–Trinajstić information content (AvgIpc) is 2.73. The molecular formula is C22H30Cl2N4O2. The third kappa shape index (κ3) is 7.59. The Morgan fingerprint density at radius 1 is 1.20 bits per heavy atom. The molecule has 0 bridgehead atoms. The van der Waals surface area contributed by atoms with Gasteiger partial charge in [-0.1, -0.05) is 25.1 Å². The number of piperidine rings is 1. The summed E-state index contributed by atoms with van der Waals surface area (Å²) in [6.07, 6.45) is 6.19. The molecule has 0 aliphatic carbocycles. The van der Waals surface area contributed by atoms with Crippen LogP contribution in [0.3, 0.4) is 0 Å². The fourth-order valence-corrected chi connectivity index (χ4v) is 3.60. The number of aromatic nitrogens is 1. The number of para-hydroxylation sites is 1. The minimum absolute atomic E-state index is 0. The second-order valence-electron chi connectivity index (χ2n) is 7.43. The third-order valence-electron chi connectivity index (χ3n) is 5.27. The molecular weight excluding hydrogens is 423 g/mol. The summed E-state index contributed by atoms with van der Waals surface area (Å²) in [5, 5.41) is 9.21. The van der Waals surface area contributed by atoms with Crippen LogP contribution in [0.2, 0.25) is 0 Å². The number of halogens is 2. The maximum Gasteiger partial charge on any atom is 0.253 e. The second kappa shape index (κ2) is 13.2. The Hall–Kier alpha value is -2.15. The Morgan fingerprint density at radius 3 is 2.70 bits per heavy atom. The zero-order valence-electron chi connectivity index (χ0n) is 17.1. The number of anilines is 1. The minimum Gasteiger partial charge on any atom is -0.348 e. The molecule has 2 heterocycles. The largest absolute Gasteiger partial charge is 0.348 e. The van der Waals surface area contributed by atoms with Gasteiger partial charge in [0.25, 0.3) is 5.91 Å². The maximum atomic E-state index is 12.6. The zero-order valence-corrected chi connectivity index (χ0v) is 18.7. The van der Waals surface area contributed by atoms with Gasteiger partial charge < -0.3 is 16.0 Å². The Morgan fingerprint density at radius 2 is 2.00 bits per heavy atom. The topological polar surface area (TPSA) is 83.1 Å². The Labute approximate surface area is 190 Å². The van der Waals surface area contributed by atoms with E-state index in [9.17, 15) is 9.59 Å². The van der Waals surface area contributed by atoms with Gasteiger partial charge in [0, 0.05) is 25.4 Å². The van der Waals surface area contributed by atoms with Crippen LogP contribution in [0.15, 0.2) is 48.8 Å². The van der Waals surface area contributed by atoms with Crippen molar-refractivity contribution in [2.75, 3.05) is 18.4 Å². The van der Waals surface area contributed by atoms with Crippen molar-refractivity contribution in [2.45, 2.75) is 32.7 Å². The van der Waals surface area contributed by atoms with E-state index >= 15 is 0 Å². The van der Waals surface area contributed by atoms with E-state index in [0.717, 1.165) is 31.5 Å². The van der Waals surface area contributed by atoms with E-state index in [0.29, 0.717) is 36.1 Å². The highest BCUT2D eigenvalue weighted by Crippen LogP contribution is 2.23. The Balaban J connectivity index is 0.00000225. The average molecular weight is 453 g/mol. The third-order valence-corrected chi connectivity index (χ3v) is 5.27. The molecule has 2 amide bonds. The van der Waals surface area contributed by atoms with Gasteiger partial charge in [-0.2, -0.15) is 0 Å². The standard InChI is InChI=1S/C22H28N4O2.2ClH/c1-16(18-7-5-11-24-15-18)12-21(27)26-20-9-3-2-8-19(20)22(28)25-14-17-6-4-10-23-13-17;;/h2-4,6,8-10,13,16,18,24H,5,7,11-12,14-15H2,1H3,(H,25,28)(H,26,27);2*1H. The highest BCUT2D eigenvalue weighted by molar-refractivity contribution is 6.03. The molecule has 0 radical (unpaired) electrons. The van der Waals surface area contributed by atoms with E-state index in [4.69, 9.17) is 0 Å². The summed E-state index contributed by atoms with van der Waals surface area (Å²) in [5.74, 6) is 0.562. The highest BCUT2D eigenvalue weighted by atomic mass is 35.5. The lowest BCUT2D eigenvalue weighted by atomic mass is 9.85. The van der Waals surface area contributed by atoms with Gasteiger partial charge in [0.15, 0.2) is 0 Å². The molecule has 3 N–H and O–H groups in total. The maximum absolute atomic E-state index is 12.6. The van der Waals surface area contributed by atoms with Crippen LogP contribution < -0.4 is 16.0 Å². The van der Waals surface area contributed by atoms with Crippen molar-refractivity contribution in [2.24, 2.45) is 11.8 Å². The summed E-state index contributed by atoms with van der Waals surface area (Å²) in [6.45, 7) is 4.56. The van der Waals surface area contributed by atoms with Crippen LogP contribution in [0.4, 0.5) is 5.69 Å². The molecule has 164 valence electrons. The molecule has 0 spiro atoms. The van der Waals surface area contributed by atoms with E-state index in [1.807, 2.05) is 18.2 Å². The number of hydrogen-bond acceptors (Lipinski definition) is 4. The van der Waals surface area contributed by atoms with Crippen molar-refractivity contribution in [3.63, 3.8) is 0 Å². The molecule has 0 saturated carbocycles. The molecule has 3 rings (SSSR count). The molecule has 2 atom stereocenters. The van der Waals surface area contributed by atoms with Crippen molar-refractivity contribution in [1.82, 2.24) is 15.6 Å². The van der Waals surface area contributed by atoms with Gasteiger partial charge >= 0.3 is 0 Å². The monoisotopic (exact) mass is 452 g/mol. The summed E-state index contributed by atoms with van der Waals surface area (Å²) in [6, 6.07) is 10.8. The molecule has 8 heteroatoms. The van der Waals surface area contributed by atoms with E-state index in [1.165, 1.54) is 0 Å². The van der Waals surface area contributed by atoms with Crippen molar-refractivity contribution in [1.29, 1.82) is 0 Å². The molecule has 1 aromatic carbocycles. The Kier molecular flexibility index (Phi) is 11.4. The van der Waals surface area contributed by atoms with Crippen LogP contribution in [0.25, 0.3) is 0 Å². The first kappa shape index (κ1) is 25.9. The van der Waals surface area contributed by atoms with E-state index < -0.39 is 0 Å². The van der Waals surface area contributed by atoms with Gasteiger partial charge in [-0.25, -0.2) is 0 Å². The lowest BCUT2D eigenvalue weighted by Crippen LogP contribution is -2.34. The number of nitrogens with zero attached hydrogens (tertiary/aromatic N) is 1. The predicted octanol–water partition coefficient (Wildman–Crippen LogP) is 3.82. The van der Waals surface area contributed by atoms with Gasteiger partial charge in [-0.3, -0.25) is 14.6 Å². The molecule has 1 saturated heterocycles. The number of hydrogen-bond donors (Lipinski definition) is 3. The second-order valence-corrected chi connectivity index (χ2v) is 7.43. The van der Waals surface area contributed by atoms with Crippen LogP contribution in [0, 0.1) is 11.8 Å². The normalized spacial score (nSPS) is 16.4. The van der Waals surface area contributed by atoms with Crippen LogP contribution in [0.1, 0.15) is 42.1 Å². The minimum atomic E-state index is -0.218. The van der Waals surface area contributed by atoms with Gasteiger partial charge in [0.2, 0.25) is 5.91 Å². The molecule has 1 fully saturated rings. The van der Waals surface area contributed by atoms with Crippen LogP contribution in [-0.2, 0) is 11.3 Å². The molecule has 1 aliphatic rings. The first-order chi connectivity index (χ1) is 13.6. The highest BCUT2D eigenvalue weighted by Gasteiger charge is 2.22. The van der Waals surface area contributed by atoms with Crippen molar-refractivity contribution in [3.8, 4) is 0 Å². The summed E-state index contributed by atoms with van der Waals surface area (Å²) < 4.78 is 0. The number of nitrogens with one attached hydrogen (secondary N) is 3. The number of carbonyl (C=O) groups excluding carboxylic acids is 2. The number of amides is 2. The SMILES string of the molecule is CC(CC(=O)Nc1ccccc1C(=O)NCc1cccnc1)C1CCCNC1.Cl.Cl. The van der Waals surface area contributed by atoms with Crippen LogP contribution >= 0.6 is 24.8 Å². The molecule has 30 heavy (non-hydrogen) atoms. The van der Waals surface area contributed by atoms with Gasteiger partial charge in [0.05, 0.1) is 11.3 Å². The number of carbonyl (C=O) groups is 2. The number of benzene rings is 1.